The van der Waals surface area contributed by atoms with Gasteiger partial charge in [-0.1, -0.05) is 12.8 Å². The van der Waals surface area contributed by atoms with E-state index in [0.717, 1.165) is 6.54 Å². The molecular formula is C12H22N2. The molecule has 0 aromatic carbocycles. The van der Waals surface area contributed by atoms with E-state index in [1.54, 1.807) is 0 Å². The van der Waals surface area contributed by atoms with Crippen molar-refractivity contribution < 1.29 is 0 Å². The van der Waals surface area contributed by atoms with E-state index in [0.29, 0.717) is 5.92 Å². The quantitative estimate of drug-likeness (QED) is 0.664. The van der Waals surface area contributed by atoms with E-state index < -0.39 is 0 Å². The molecule has 0 aliphatic carbocycles. The smallest absolute Gasteiger partial charge is 0.0658 e. The molecule has 2 nitrogen and oxygen atoms in total. The molecule has 1 N–H and O–H groups in total. The fourth-order valence-electron chi connectivity index (χ4n) is 1.91. The van der Waals surface area contributed by atoms with Crippen LogP contribution in [0.15, 0.2) is 0 Å². The lowest BCUT2D eigenvalue weighted by Gasteiger charge is -2.21. The lowest BCUT2D eigenvalue weighted by Crippen LogP contribution is -2.34. The third-order valence-corrected chi connectivity index (χ3v) is 2.79. The predicted molar refractivity (Wildman–Crippen MR) is 61.1 cm³/mol. The molecule has 0 amide bonds. The summed E-state index contributed by atoms with van der Waals surface area (Å²) in [6, 6.07) is 0.205. The van der Waals surface area contributed by atoms with Gasteiger partial charge in [0.25, 0.3) is 0 Å². The van der Waals surface area contributed by atoms with Crippen molar-refractivity contribution in [2.75, 3.05) is 26.2 Å². The highest BCUT2D eigenvalue weighted by atomic mass is 15.1. The minimum atomic E-state index is 0.205. The van der Waals surface area contributed by atoms with Crippen molar-refractivity contribution in [1.82, 2.24) is 10.2 Å². The topological polar surface area (TPSA) is 15.3 Å². The number of rotatable bonds is 5. The summed E-state index contributed by atoms with van der Waals surface area (Å²) in [5.41, 5.74) is 0. The normalized spacial score (nSPS) is 21.8. The van der Waals surface area contributed by atoms with Crippen LogP contribution in [0.4, 0.5) is 0 Å². The van der Waals surface area contributed by atoms with Crippen LogP contribution in [-0.4, -0.2) is 37.1 Å². The molecule has 2 unspecified atom stereocenters. The van der Waals surface area contributed by atoms with Gasteiger partial charge in [-0.3, -0.25) is 0 Å². The first-order valence-electron chi connectivity index (χ1n) is 5.64. The molecule has 14 heavy (non-hydrogen) atoms. The zero-order valence-electron chi connectivity index (χ0n) is 9.42. The maximum absolute atomic E-state index is 5.30. The van der Waals surface area contributed by atoms with Gasteiger partial charge in [-0.25, -0.2) is 0 Å². The number of likely N-dealkylation sites (tertiary alicyclic amines) is 1. The lowest BCUT2D eigenvalue weighted by atomic mass is 10.1. The summed E-state index contributed by atoms with van der Waals surface area (Å²) in [5.74, 6) is 3.39. The number of hydrogen-bond donors (Lipinski definition) is 1. The molecule has 1 aliphatic rings. The second-order valence-electron chi connectivity index (χ2n) is 4.41. The number of hydrogen-bond acceptors (Lipinski definition) is 2. The molecule has 1 saturated heterocycles. The molecular weight excluding hydrogens is 172 g/mol. The monoisotopic (exact) mass is 194 g/mol. The zero-order chi connectivity index (χ0) is 10.4. The Labute approximate surface area is 88.1 Å². The van der Waals surface area contributed by atoms with Crippen LogP contribution in [0.2, 0.25) is 0 Å². The second kappa shape index (κ2) is 6.06. The van der Waals surface area contributed by atoms with Crippen molar-refractivity contribution in [2.45, 2.75) is 32.7 Å². The minimum Gasteiger partial charge on any atom is -0.304 e. The van der Waals surface area contributed by atoms with Crippen molar-refractivity contribution in [3.05, 3.63) is 0 Å². The molecule has 0 radical (unpaired) electrons. The molecule has 1 aliphatic heterocycles. The molecule has 1 heterocycles. The van der Waals surface area contributed by atoms with Crippen molar-refractivity contribution in [3.8, 4) is 12.3 Å². The molecule has 0 saturated carbocycles. The SMILES string of the molecule is C#CC(C)NCC(C)CN1CCCC1. The Morgan fingerprint density at radius 3 is 2.57 bits per heavy atom. The summed E-state index contributed by atoms with van der Waals surface area (Å²) in [6.45, 7) is 9.13. The Morgan fingerprint density at radius 2 is 2.00 bits per heavy atom. The van der Waals surface area contributed by atoms with Crippen LogP contribution in [0.1, 0.15) is 26.7 Å². The van der Waals surface area contributed by atoms with Crippen molar-refractivity contribution in [1.29, 1.82) is 0 Å². The first-order valence-corrected chi connectivity index (χ1v) is 5.64. The fraction of sp³-hybridized carbons (Fsp3) is 0.833. The highest BCUT2D eigenvalue weighted by Crippen LogP contribution is 2.09. The average Bonchev–Trinajstić information content (AvgIpc) is 2.66. The van der Waals surface area contributed by atoms with Gasteiger partial charge < -0.3 is 10.2 Å². The van der Waals surface area contributed by atoms with E-state index in [1.807, 2.05) is 6.92 Å². The molecule has 0 aromatic rings. The van der Waals surface area contributed by atoms with Crippen molar-refractivity contribution >= 4 is 0 Å². The van der Waals surface area contributed by atoms with Gasteiger partial charge in [0.05, 0.1) is 6.04 Å². The van der Waals surface area contributed by atoms with Crippen LogP contribution in [0.5, 0.6) is 0 Å². The maximum atomic E-state index is 5.30. The lowest BCUT2D eigenvalue weighted by molar-refractivity contribution is 0.281. The van der Waals surface area contributed by atoms with Crippen molar-refractivity contribution in [3.63, 3.8) is 0 Å². The van der Waals surface area contributed by atoms with Gasteiger partial charge in [0.2, 0.25) is 0 Å². The summed E-state index contributed by atoms with van der Waals surface area (Å²) >= 11 is 0. The average molecular weight is 194 g/mol. The van der Waals surface area contributed by atoms with E-state index in [-0.39, 0.29) is 6.04 Å². The molecule has 0 spiro atoms. The molecule has 0 bridgehead atoms. The number of nitrogens with zero attached hydrogens (tertiary/aromatic N) is 1. The van der Waals surface area contributed by atoms with Crippen LogP contribution < -0.4 is 5.32 Å². The summed E-state index contributed by atoms with van der Waals surface area (Å²) in [5, 5.41) is 3.34. The van der Waals surface area contributed by atoms with Crippen LogP contribution in [-0.2, 0) is 0 Å². The summed E-state index contributed by atoms with van der Waals surface area (Å²) < 4.78 is 0. The van der Waals surface area contributed by atoms with Gasteiger partial charge in [-0.2, -0.15) is 0 Å². The van der Waals surface area contributed by atoms with Crippen LogP contribution in [0.3, 0.4) is 0 Å². The molecule has 0 aromatic heterocycles. The Bertz CT molecular complexity index is 189. The van der Waals surface area contributed by atoms with Crippen LogP contribution in [0, 0.1) is 18.3 Å². The Kier molecular flexibility index (Phi) is 5.00. The molecule has 2 heteroatoms. The van der Waals surface area contributed by atoms with E-state index in [1.165, 1.54) is 32.5 Å². The van der Waals surface area contributed by atoms with E-state index in [2.05, 4.69) is 23.1 Å². The summed E-state index contributed by atoms with van der Waals surface area (Å²) in [7, 11) is 0. The Balaban J connectivity index is 2.09. The zero-order valence-corrected chi connectivity index (χ0v) is 9.42. The Morgan fingerprint density at radius 1 is 1.36 bits per heavy atom. The Hall–Kier alpha value is -0.520. The highest BCUT2D eigenvalue weighted by molar-refractivity contribution is 4.95. The van der Waals surface area contributed by atoms with Crippen LogP contribution >= 0.6 is 0 Å². The molecule has 2 atom stereocenters. The first-order chi connectivity index (χ1) is 6.72. The van der Waals surface area contributed by atoms with Gasteiger partial charge in [0.1, 0.15) is 0 Å². The minimum absolute atomic E-state index is 0.205. The summed E-state index contributed by atoms with van der Waals surface area (Å²) in [4.78, 5) is 2.55. The third-order valence-electron chi connectivity index (χ3n) is 2.79. The maximum Gasteiger partial charge on any atom is 0.0658 e. The molecule has 1 rings (SSSR count). The van der Waals surface area contributed by atoms with E-state index in [4.69, 9.17) is 6.42 Å². The van der Waals surface area contributed by atoms with Gasteiger partial charge in [-0.15, -0.1) is 6.42 Å². The first kappa shape index (κ1) is 11.6. The standard InChI is InChI=1S/C12H22N2/c1-4-12(3)13-9-11(2)10-14-7-5-6-8-14/h1,11-13H,5-10H2,2-3H3. The summed E-state index contributed by atoms with van der Waals surface area (Å²) in [6.07, 6.45) is 8.05. The third kappa shape index (κ3) is 4.13. The van der Waals surface area contributed by atoms with Crippen LogP contribution in [0.25, 0.3) is 0 Å². The van der Waals surface area contributed by atoms with Gasteiger partial charge in [-0.05, 0) is 38.8 Å². The second-order valence-corrected chi connectivity index (χ2v) is 4.41. The highest BCUT2D eigenvalue weighted by Gasteiger charge is 2.14. The van der Waals surface area contributed by atoms with E-state index in [9.17, 15) is 0 Å². The van der Waals surface area contributed by atoms with Gasteiger partial charge in [0.15, 0.2) is 0 Å². The van der Waals surface area contributed by atoms with Gasteiger partial charge in [0, 0.05) is 13.1 Å². The fourth-order valence-corrected chi connectivity index (χ4v) is 1.91. The largest absolute Gasteiger partial charge is 0.304 e. The number of terminal acetylenes is 1. The van der Waals surface area contributed by atoms with Crippen molar-refractivity contribution in [2.24, 2.45) is 5.92 Å². The van der Waals surface area contributed by atoms with E-state index >= 15 is 0 Å². The predicted octanol–water partition coefficient (Wildman–Crippen LogP) is 1.33. The molecule has 80 valence electrons. The van der Waals surface area contributed by atoms with Gasteiger partial charge >= 0.3 is 0 Å². The number of nitrogens with one attached hydrogen (secondary N) is 1. The molecule has 1 fully saturated rings.